The van der Waals surface area contributed by atoms with Gasteiger partial charge in [0.25, 0.3) is 10.0 Å². The SMILES string of the molecule is O=S(=O)(Nc1c(F)c(F)c(Cl)c(F)c1F)c1ccccc1. The molecule has 0 aromatic heterocycles. The fraction of sp³-hybridized carbons (Fsp3) is 0. The lowest BCUT2D eigenvalue weighted by Crippen LogP contribution is -2.16. The molecule has 0 radical (unpaired) electrons. The Morgan fingerprint density at radius 1 is 0.857 bits per heavy atom. The molecule has 0 spiro atoms. The molecule has 21 heavy (non-hydrogen) atoms. The Bertz CT molecular complexity index is 768. The minimum absolute atomic E-state index is 0.334. The number of halogens is 5. The second kappa shape index (κ2) is 5.53. The van der Waals surface area contributed by atoms with Crippen LogP contribution >= 0.6 is 11.6 Å². The van der Waals surface area contributed by atoms with E-state index in [1.807, 2.05) is 0 Å². The number of sulfonamides is 1. The first-order chi connectivity index (χ1) is 9.75. The molecule has 0 fully saturated rings. The fourth-order valence-electron chi connectivity index (χ4n) is 1.49. The molecule has 0 aliphatic carbocycles. The fourth-order valence-corrected chi connectivity index (χ4v) is 2.73. The predicted octanol–water partition coefficient (Wildman–Crippen LogP) is 3.70. The minimum Gasteiger partial charge on any atom is -0.274 e. The number of rotatable bonds is 3. The Hall–Kier alpha value is -1.80. The number of anilines is 1. The molecule has 2 rings (SSSR count). The maximum Gasteiger partial charge on any atom is 0.262 e. The molecular formula is C12H6ClF4NO2S. The summed E-state index contributed by atoms with van der Waals surface area (Å²) < 4.78 is 78.9. The highest BCUT2D eigenvalue weighted by atomic mass is 35.5. The zero-order valence-corrected chi connectivity index (χ0v) is 11.6. The van der Waals surface area contributed by atoms with Crippen molar-refractivity contribution in [2.45, 2.75) is 4.90 Å². The van der Waals surface area contributed by atoms with Crippen LogP contribution in [0.5, 0.6) is 0 Å². The Morgan fingerprint density at radius 2 is 1.33 bits per heavy atom. The monoisotopic (exact) mass is 339 g/mol. The van der Waals surface area contributed by atoms with Crippen LogP contribution in [0.25, 0.3) is 0 Å². The molecule has 2 aromatic rings. The first-order valence-corrected chi connectivity index (χ1v) is 7.21. The summed E-state index contributed by atoms with van der Waals surface area (Å²) in [6.07, 6.45) is 0. The molecule has 2 aromatic carbocycles. The van der Waals surface area contributed by atoms with Crippen molar-refractivity contribution in [1.82, 2.24) is 0 Å². The van der Waals surface area contributed by atoms with Crippen molar-refractivity contribution in [2.24, 2.45) is 0 Å². The molecule has 112 valence electrons. The summed E-state index contributed by atoms with van der Waals surface area (Å²) in [5.74, 6) is -7.64. The van der Waals surface area contributed by atoms with Crippen molar-refractivity contribution in [3.05, 3.63) is 58.6 Å². The molecular weight excluding hydrogens is 334 g/mol. The lowest BCUT2D eigenvalue weighted by molar-refractivity contribution is 0.460. The van der Waals surface area contributed by atoms with Crippen LogP contribution in [0.1, 0.15) is 0 Å². The Morgan fingerprint density at radius 3 is 1.81 bits per heavy atom. The van der Waals surface area contributed by atoms with Gasteiger partial charge >= 0.3 is 0 Å². The molecule has 0 unspecified atom stereocenters. The predicted molar refractivity (Wildman–Crippen MR) is 68.5 cm³/mol. The third kappa shape index (κ3) is 2.81. The van der Waals surface area contributed by atoms with Crippen molar-refractivity contribution in [1.29, 1.82) is 0 Å². The summed E-state index contributed by atoms with van der Waals surface area (Å²) in [5, 5.41) is -1.40. The minimum atomic E-state index is -4.41. The highest BCUT2D eigenvalue weighted by Gasteiger charge is 2.27. The standard InChI is InChI=1S/C12H6ClF4NO2S/c13-7-8(14)10(16)12(11(17)9(7)15)18-21(19,20)6-4-2-1-3-5-6/h1-5,18H. The lowest BCUT2D eigenvalue weighted by atomic mass is 10.2. The second-order valence-corrected chi connectivity index (χ2v) is 5.92. The molecule has 0 atom stereocenters. The van der Waals surface area contributed by atoms with Gasteiger partial charge in [-0.15, -0.1) is 0 Å². The molecule has 0 aliphatic heterocycles. The van der Waals surface area contributed by atoms with Crippen LogP contribution in [0.2, 0.25) is 5.02 Å². The second-order valence-electron chi connectivity index (χ2n) is 3.86. The lowest BCUT2D eigenvalue weighted by Gasteiger charge is -2.11. The van der Waals surface area contributed by atoms with E-state index in [2.05, 4.69) is 0 Å². The number of hydrogen-bond acceptors (Lipinski definition) is 2. The molecule has 0 bridgehead atoms. The van der Waals surface area contributed by atoms with Crippen molar-refractivity contribution < 1.29 is 26.0 Å². The van der Waals surface area contributed by atoms with Crippen molar-refractivity contribution in [3.8, 4) is 0 Å². The van der Waals surface area contributed by atoms with Gasteiger partial charge in [-0.05, 0) is 12.1 Å². The van der Waals surface area contributed by atoms with Gasteiger partial charge in [-0.2, -0.15) is 0 Å². The van der Waals surface area contributed by atoms with E-state index < -0.39 is 44.0 Å². The number of benzene rings is 2. The summed E-state index contributed by atoms with van der Waals surface area (Å²) in [5.41, 5.74) is -1.47. The maximum atomic E-state index is 13.6. The smallest absolute Gasteiger partial charge is 0.262 e. The molecule has 0 aliphatic rings. The van der Waals surface area contributed by atoms with Crippen LogP contribution in [-0.2, 0) is 10.0 Å². The van der Waals surface area contributed by atoms with Crippen LogP contribution in [-0.4, -0.2) is 8.42 Å². The van der Waals surface area contributed by atoms with Crippen LogP contribution in [0.3, 0.4) is 0 Å². The van der Waals surface area contributed by atoms with Gasteiger partial charge in [-0.25, -0.2) is 26.0 Å². The van der Waals surface area contributed by atoms with Crippen molar-refractivity contribution >= 4 is 27.3 Å². The molecule has 0 amide bonds. The summed E-state index contributed by atoms with van der Waals surface area (Å²) in [7, 11) is -4.41. The van der Waals surface area contributed by atoms with E-state index in [1.54, 1.807) is 0 Å². The highest BCUT2D eigenvalue weighted by molar-refractivity contribution is 7.92. The van der Waals surface area contributed by atoms with Gasteiger partial charge in [0.2, 0.25) is 0 Å². The van der Waals surface area contributed by atoms with E-state index in [0.717, 1.165) is 12.1 Å². The molecule has 1 N–H and O–H groups in total. The Kier molecular flexibility index (Phi) is 4.11. The van der Waals surface area contributed by atoms with E-state index in [4.69, 9.17) is 11.6 Å². The van der Waals surface area contributed by atoms with Crippen molar-refractivity contribution in [3.63, 3.8) is 0 Å². The van der Waals surface area contributed by atoms with Gasteiger partial charge in [0.1, 0.15) is 10.7 Å². The van der Waals surface area contributed by atoms with E-state index >= 15 is 0 Å². The summed E-state index contributed by atoms with van der Waals surface area (Å²) >= 11 is 5.04. The average molecular weight is 340 g/mol. The molecule has 9 heteroatoms. The van der Waals surface area contributed by atoms with Gasteiger partial charge in [0, 0.05) is 0 Å². The summed E-state index contributed by atoms with van der Waals surface area (Å²) in [6, 6.07) is 6.53. The van der Waals surface area contributed by atoms with Gasteiger partial charge in [-0.3, -0.25) is 4.72 Å². The third-order valence-electron chi connectivity index (χ3n) is 2.50. The zero-order valence-electron chi connectivity index (χ0n) is 10.0. The van der Waals surface area contributed by atoms with Crippen molar-refractivity contribution in [2.75, 3.05) is 4.72 Å². The van der Waals surface area contributed by atoms with Gasteiger partial charge in [0.15, 0.2) is 23.3 Å². The number of hydrogen-bond donors (Lipinski definition) is 1. The Balaban J connectivity index is 2.55. The Labute approximate surface area is 122 Å². The number of nitrogens with one attached hydrogen (secondary N) is 1. The van der Waals surface area contributed by atoms with Crippen LogP contribution in [0.4, 0.5) is 23.2 Å². The first-order valence-electron chi connectivity index (χ1n) is 5.35. The van der Waals surface area contributed by atoms with Gasteiger partial charge in [0.05, 0.1) is 4.90 Å². The van der Waals surface area contributed by atoms with Gasteiger partial charge < -0.3 is 0 Å². The van der Waals surface area contributed by atoms with Gasteiger partial charge in [-0.1, -0.05) is 29.8 Å². The topological polar surface area (TPSA) is 46.2 Å². The molecule has 0 heterocycles. The summed E-state index contributed by atoms with van der Waals surface area (Å²) in [4.78, 5) is -0.334. The van der Waals surface area contributed by atoms with Crippen LogP contribution in [0.15, 0.2) is 35.2 Å². The summed E-state index contributed by atoms with van der Waals surface area (Å²) in [6.45, 7) is 0. The molecule has 3 nitrogen and oxygen atoms in total. The van der Waals surface area contributed by atoms with E-state index in [9.17, 15) is 26.0 Å². The highest BCUT2D eigenvalue weighted by Crippen LogP contribution is 2.32. The quantitative estimate of drug-likeness (QED) is 0.526. The molecule has 0 saturated carbocycles. The average Bonchev–Trinajstić information content (AvgIpc) is 2.48. The van der Waals surface area contributed by atoms with E-state index in [1.165, 1.54) is 22.9 Å². The third-order valence-corrected chi connectivity index (χ3v) is 4.20. The van der Waals surface area contributed by atoms with E-state index in [0.29, 0.717) is 0 Å². The van der Waals surface area contributed by atoms with Crippen LogP contribution < -0.4 is 4.72 Å². The van der Waals surface area contributed by atoms with E-state index in [-0.39, 0.29) is 4.90 Å². The normalized spacial score (nSPS) is 11.5. The maximum absolute atomic E-state index is 13.6. The largest absolute Gasteiger partial charge is 0.274 e. The molecule has 0 saturated heterocycles. The zero-order chi connectivity index (χ0) is 15.8. The van der Waals surface area contributed by atoms with Crippen LogP contribution in [0, 0.1) is 23.3 Å². The first kappa shape index (κ1) is 15.6.